The first-order chi connectivity index (χ1) is 11.0. The lowest BCUT2D eigenvalue weighted by molar-refractivity contribution is 0.559. The summed E-state index contributed by atoms with van der Waals surface area (Å²) in [6.07, 6.45) is 3.94. The Morgan fingerprint density at radius 3 is 2.87 bits per heavy atom. The molecule has 23 heavy (non-hydrogen) atoms. The van der Waals surface area contributed by atoms with Crippen molar-refractivity contribution in [3.8, 4) is 11.5 Å². The number of hydrogen-bond donors (Lipinski definition) is 0. The summed E-state index contributed by atoms with van der Waals surface area (Å²) in [5.74, 6) is 0.482. The van der Waals surface area contributed by atoms with E-state index in [9.17, 15) is 12.8 Å². The van der Waals surface area contributed by atoms with Crippen molar-refractivity contribution >= 4 is 20.7 Å². The van der Waals surface area contributed by atoms with Gasteiger partial charge in [-0.2, -0.15) is 0 Å². The number of fused-ring (bicyclic) bond motifs is 1. The molecule has 1 fully saturated rings. The number of rotatable bonds is 2. The number of hydrogen-bond acceptors (Lipinski definition) is 4. The molecule has 1 atom stereocenters. The number of para-hydroxylation sites is 1. The summed E-state index contributed by atoms with van der Waals surface area (Å²) in [7, 11) is -2.99. The molecule has 1 unspecified atom stereocenters. The Bertz CT molecular complexity index is 997. The van der Waals surface area contributed by atoms with E-state index in [1.807, 2.05) is 4.57 Å². The first-order valence-electron chi connectivity index (χ1n) is 7.32. The van der Waals surface area contributed by atoms with Crippen LogP contribution in [-0.4, -0.2) is 34.5 Å². The van der Waals surface area contributed by atoms with Crippen LogP contribution in [0.3, 0.4) is 0 Å². The summed E-state index contributed by atoms with van der Waals surface area (Å²) in [6, 6.07) is 8.24. The van der Waals surface area contributed by atoms with Gasteiger partial charge in [-0.15, -0.1) is 0 Å². The van der Waals surface area contributed by atoms with Gasteiger partial charge < -0.3 is 4.57 Å². The molecule has 0 saturated carbocycles. The topological polar surface area (TPSA) is 64.8 Å². The number of aromatic nitrogens is 3. The first kappa shape index (κ1) is 14.3. The van der Waals surface area contributed by atoms with Crippen molar-refractivity contribution < 1.29 is 12.8 Å². The molecule has 4 rings (SSSR count). The van der Waals surface area contributed by atoms with E-state index in [0.717, 1.165) is 5.39 Å². The van der Waals surface area contributed by atoms with Crippen molar-refractivity contribution in [1.29, 1.82) is 0 Å². The summed E-state index contributed by atoms with van der Waals surface area (Å²) >= 11 is 0. The van der Waals surface area contributed by atoms with E-state index in [2.05, 4.69) is 9.97 Å². The highest BCUT2D eigenvalue weighted by Crippen LogP contribution is 2.29. The fraction of sp³-hybridized carbons (Fsp3) is 0.250. The van der Waals surface area contributed by atoms with Gasteiger partial charge >= 0.3 is 0 Å². The summed E-state index contributed by atoms with van der Waals surface area (Å²) in [5, 5.41) is 0.718. The summed E-state index contributed by atoms with van der Waals surface area (Å²) in [5.41, 5.74) is 0.829. The largest absolute Gasteiger partial charge is 0.326 e. The van der Waals surface area contributed by atoms with Crippen molar-refractivity contribution in [3.05, 3.63) is 48.5 Å². The Balaban J connectivity index is 1.80. The van der Waals surface area contributed by atoms with Crippen LogP contribution in [0.2, 0.25) is 0 Å². The maximum Gasteiger partial charge on any atom is 0.158 e. The van der Waals surface area contributed by atoms with Crippen LogP contribution < -0.4 is 0 Å². The summed E-state index contributed by atoms with van der Waals surface area (Å²) in [6.45, 7) is 0. The maximum atomic E-state index is 13.9. The quantitative estimate of drug-likeness (QED) is 0.724. The van der Waals surface area contributed by atoms with Crippen LogP contribution in [0.4, 0.5) is 4.39 Å². The minimum Gasteiger partial charge on any atom is -0.326 e. The Kier molecular flexibility index (Phi) is 3.19. The fourth-order valence-corrected chi connectivity index (χ4v) is 4.75. The standard InChI is InChI=1S/C16H14FN3O2S/c17-13-3-1-2-11-4-5-14(19-15(11)13)16-18-7-8-20(16)12-6-9-23(21,22)10-12/h1-5,7-8,12H,6,9-10H2. The molecular formula is C16H14FN3O2S. The molecule has 5 nitrogen and oxygen atoms in total. The molecule has 7 heteroatoms. The molecule has 3 aromatic rings. The zero-order valence-corrected chi connectivity index (χ0v) is 13.0. The van der Waals surface area contributed by atoms with Gasteiger partial charge in [-0.25, -0.2) is 22.8 Å². The molecule has 2 aromatic heterocycles. The zero-order valence-electron chi connectivity index (χ0n) is 12.2. The maximum absolute atomic E-state index is 13.9. The first-order valence-corrected chi connectivity index (χ1v) is 9.14. The molecule has 3 heterocycles. The van der Waals surface area contributed by atoms with Gasteiger partial charge in [0.2, 0.25) is 0 Å². The van der Waals surface area contributed by atoms with Crippen LogP contribution >= 0.6 is 0 Å². The van der Waals surface area contributed by atoms with Gasteiger partial charge in [0.15, 0.2) is 15.7 Å². The van der Waals surface area contributed by atoms with E-state index in [1.54, 1.807) is 36.7 Å². The third-order valence-electron chi connectivity index (χ3n) is 4.17. The van der Waals surface area contributed by atoms with Crippen molar-refractivity contribution in [3.63, 3.8) is 0 Å². The van der Waals surface area contributed by atoms with Crippen molar-refractivity contribution in [2.45, 2.75) is 12.5 Å². The van der Waals surface area contributed by atoms with Gasteiger partial charge in [0, 0.05) is 17.8 Å². The van der Waals surface area contributed by atoms with Crippen LogP contribution in [0.5, 0.6) is 0 Å². The predicted molar refractivity (Wildman–Crippen MR) is 85.2 cm³/mol. The van der Waals surface area contributed by atoms with Crippen LogP contribution in [-0.2, 0) is 9.84 Å². The van der Waals surface area contributed by atoms with Gasteiger partial charge in [0.05, 0.1) is 17.5 Å². The highest BCUT2D eigenvalue weighted by Gasteiger charge is 2.30. The monoisotopic (exact) mass is 331 g/mol. The molecule has 0 bridgehead atoms. The lowest BCUT2D eigenvalue weighted by Crippen LogP contribution is -2.12. The van der Waals surface area contributed by atoms with E-state index in [-0.39, 0.29) is 23.4 Å². The minimum absolute atomic E-state index is 0.109. The Hall–Kier alpha value is -2.28. The number of halogens is 1. The minimum atomic E-state index is -2.99. The molecule has 1 saturated heterocycles. The third kappa shape index (κ3) is 2.50. The van der Waals surface area contributed by atoms with Gasteiger partial charge in [-0.1, -0.05) is 18.2 Å². The predicted octanol–water partition coefficient (Wildman–Crippen LogP) is 2.60. The summed E-state index contributed by atoms with van der Waals surface area (Å²) < 4.78 is 39.2. The number of imidazole rings is 1. The Morgan fingerprint density at radius 2 is 2.09 bits per heavy atom. The number of benzene rings is 1. The zero-order chi connectivity index (χ0) is 16.0. The molecule has 0 amide bonds. The molecular weight excluding hydrogens is 317 g/mol. The average Bonchev–Trinajstić information content (AvgIpc) is 3.13. The highest BCUT2D eigenvalue weighted by molar-refractivity contribution is 7.91. The molecule has 0 N–H and O–H groups in total. The molecule has 1 aromatic carbocycles. The van der Waals surface area contributed by atoms with Crippen LogP contribution in [0.25, 0.3) is 22.4 Å². The van der Waals surface area contributed by atoms with Gasteiger partial charge in [-0.3, -0.25) is 0 Å². The molecule has 1 aliphatic rings. The SMILES string of the molecule is O=S1(=O)CCC(n2ccnc2-c2ccc3cccc(F)c3n2)C1. The number of pyridine rings is 1. The van der Waals surface area contributed by atoms with E-state index >= 15 is 0 Å². The lowest BCUT2D eigenvalue weighted by atomic mass is 10.2. The van der Waals surface area contributed by atoms with E-state index in [1.165, 1.54) is 6.07 Å². The van der Waals surface area contributed by atoms with Crippen LogP contribution in [0.1, 0.15) is 12.5 Å². The summed E-state index contributed by atoms with van der Waals surface area (Å²) in [4.78, 5) is 8.68. The molecule has 0 spiro atoms. The third-order valence-corrected chi connectivity index (χ3v) is 5.92. The van der Waals surface area contributed by atoms with Crippen LogP contribution in [0.15, 0.2) is 42.7 Å². The highest BCUT2D eigenvalue weighted by atomic mass is 32.2. The second kappa shape index (κ2) is 5.13. The van der Waals surface area contributed by atoms with Crippen LogP contribution in [0, 0.1) is 5.82 Å². The van der Waals surface area contributed by atoms with Gasteiger partial charge in [0.1, 0.15) is 17.0 Å². The second-order valence-electron chi connectivity index (χ2n) is 5.72. The Labute approximate surface area is 132 Å². The number of nitrogens with zero attached hydrogens (tertiary/aromatic N) is 3. The smallest absolute Gasteiger partial charge is 0.158 e. The van der Waals surface area contributed by atoms with Crippen molar-refractivity contribution in [2.24, 2.45) is 0 Å². The van der Waals surface area contributed by atoms with E-state index in [4.69, 9.17) is 0 Å². The van der Waals surface area contributed by atoms with E-state index in [0.29, 0.717) is 23.5 Å². The molecule has 0 radical (unpaired) electrons. The molecule has 0 aliphatic carbocycles. The van der Waals surface area contributed by atoms with E-state index < -0.39 is 9.84 Å². The second-order valence-corrected chi connectivity index (χ2v) is 7.95. The molecule has 118 valence electrons. The van der Waals surface area contributed by atoms with Gasteiger partial charge in [-0.05, 0) is 18.6 Å². The average molecular weight is 331 g/mol. The fourth-order valence-electron chi connectivity index (χ4n) is 3.04. The molecule has 1 aliphatic heterocycles. The van der Waals surface area contributed by atoms with Gasteiger partial charge in [0.25, 0.3) is 0 Å². The normalized spacial score (nSPS) is 20.1. The van der Waals surface area contributed by atoms with Crippen molar-refractivity contribution in [1.82, 2.24) is 14.5 Å². The van der Waals surface area contributed by atoms with Crippen molar-refractivity contribution in [2.75, 3.05) is 11.5 Å². The number of sulfone groups is 1. The lowest BCUT2D eigenvalue weighted by Gasteiger charge is -2.13. The Morgan fingerprint density at radius 1 is 1.22 bits per heavy atom.